The molecule has 3 heteroatoms. The van der Waals surface area contributed by atoms with Crippen LogP contribution in [0.25, 0.3) is 0 Å². The minimum Gasteiger partial charge on any atom is -0.380 e. The van der Waals surface area contributed by atoms with E-state index in [1.54, 1.807) is 0 Å². The molecule has 0 saturated carbocycles. The lowest BCUT2D eigenvalue weighted by molar-refractivity contribution is -0.0999. The van der Waals surface area contributed by atoms with Crippen LogP contribution in [0.2, 0.25) is 0 Å². The molecule has 3 nitrogen and oxygen atoms in total. The molecule has 0 spiro atoms. The van der Waals surface area contributed by atoms with Gasteiger partial charge in [0.15, 0.2) is 0 Å². The molecule has 0 aliphatic carbocycles. The van der Waals surface area contributed by atoms with Crippen LogP contribution < -0.4 is 5.32 Å². The van der Waals surface area contributed by atoms with E-state index in [-0.39, 0.29) is 0 Å². The van der Waals surface area contributed by atoms with E-state index in [9.17, 15) is 0 Å². The minimum atomic E-state index is 0.382. The van der Waals surface area contributed by atoms with Gasteiger partial charge in [-0.15, -0.1) is 0 Å². The Morgan fingerprint density at radius 1 is 1.32 bits per heavy atom. The number of ether oxygens (including phenoxy) is 1. The summed E-state index contributed by atoms with van der Waals surface area (Å²) in [6, 6.07) is 11.4. The van der Waals surface area contributed by atoms with Crippen LogP contribution in [0.5, 0.6) is 0 Å². The van der Waals surface area contributed by atoms with Crippen molar-refractivity contribution in [1.29, 1.82) is 0 Å². The molecule has 1 aromatic carbocycles. The Balaban J connectivity index is 1.42. The molecule has 2 fully saturated rings. The van der Waals surface area contributed by atoms with Gasteiger partial charge in [0, 0.05) is 37.6 Å². The number of likely N-dealkylation sites (tertiary alicyclic amines) is 1. The van der Waals surface area contributed by atoms with Gasteiger partial charge in [0.1, 0.15) is 0 Å². The van der Waals surface area contributed by atoms with E-state index < -0.39 is 0 Å². The topological polar surface area (TPSA) is 24.5 Å². The van der Waals surface area contributed by atoms with Crippen molar-refractivity contribution in [3.63, 3.8) is 0 Å². The van der Waals surface area contributed by atoms with Gasteiger partial charge in [0.25, 0.3) is 0 Å². The number of hydrogen-bond acceptors (Lipinski definition) is 3. The van der Waals surface area contributed by atoms with E-state index in [1.807, 2.05) is 0 Å². The molecule has 2 saturated heterocycles. The highest BCUT2D eigenvalue weighted by Crippen LogP contribution is 2.25. The zero-order valence-corrected chi connectivity index (χ0v) is 11.8. The Labute approximate surface area is 115 Å². The van der Waals surface area contributed by atoms with Gasteiger partial charge in [-0.3, -0.25) is 4.90 Å². The molecule has 1 N–H and O–H groups in total. The highest BCUT2D eigenvalue weighted by Gasteiger charge is 2.34. The monoisotopic (exact) mass is 260 g/mol. The first-order valence-corrected chi connectivity index (χ1v) is 7.31. The highest BCUT2D eigenvalue weighted by molar-refractivity contribution is 5.14. The van der Waals surface area contributed by atoms with Gasteiger partial charge < -0.3 is 10.1 Å². The fourth-order valence-corrected chi connectivity index (χ4v) is 2.93. The average Bonchev–Trinajstić information content (AvgIpc) is 2.83. The third kappa shape index (κ3) is 3.35. The van der Waals surface area contributed by atoms with Crippen LogP contribution in [0.15, 0.2) is 30.3 Å². The number of nitrogens with one attached hydrogen (secondary N) is 1. The van der Waals surface area contributed by atoms with Crippen molar-refractivity contribution in [1.82, 2.24) is 10.2 Å². The van der Waals surface area contributed by atoms with E-state index in [0.29, 0.717) is 11.5 Å². The number of hydrogen-bond donors (Lipinski definition) is 1. The molecule has 1 unspecified atom stereocenters. The molecule has 1 aromatic rings. The Morgan fingerprint density at radius 2 is 2.11 bits per heavy atom. The fourth-order valence-electron chi connectivity index (χ4n) is 2.93. The van der Waals surface area contributed by atoms with Crippen molar-refractivity contribution in [3.8, 4) is 0 Å². The third-order valence-corrected chi connectivity index (χ3v) is 4.24. The molecule has 2 aliphatic rings. The number of rotatable bonds is 5. The second kappa shape index (κ2) is 5.61. The summed E-state index contributed by atoms with van der Waals surface area (Å²) in [4.78, 5) is 2.55. The molecule has 104 valence electrons. The van der Waals surface area contributed by atoms with Crippen molar-refractivity contribution < 1.29 is 4.74 Å². The first-order chi connectivity index (χ1) is 9.23. The predicted octanol–water partition coefficient (Wildman–Crippen LogP) is 1.89. The van der Waals surface area contributed by atoms with Crippen molar-refractivity contribution in [2.75, 3.05) is 32.8 Å². The summed E-state index contributed by atoms with van der Waals surface area (Å²) in [6.07, 6.45) is 1.27. The van der Waals surface area contributed by atoms with E-state index in [4.69, 9.17) is 4.74 Å². The zero-order valence-electron chi connectivity index (χ0n) is 11.8. The Morgan fingerprint density at radius 3 is 2.79 bits per heavy atom. The summed E-state index contributed by atoms with van der Waals surface area (Å²) >= 11 is 0. The third-order valence-electron chi connectivity index (χ3n) is 4.24. The maximum Gasteiger partial charge on any atom is 0.0554 e. The van der Waals surface area contributed by atoms with Gasteiger partial charge in [-0.25, -0.2) is 0 Å². The van der Waals surface area contributed by atoms with Gasteiger partial charge in [-0.1, -0.05) is 37.3 Å². The largest absolute Gasteiger partial charge is 0.380 e. The minimum absolute atomic E-state index is 0.382. The Hall–Kier alpha value is -0.900. The maximum absolute atomic E-state index is 5.30. The number of nitrogens with zero attached hydrogens (tertiary/aromatic N) is 1. The van der Waals surface area contributed by atoms with E-state index >= 15 is 0 Å². The van der Waals surface area contributed by atoms with Crippen LogP contribution in [0.1, 0.15) is 18.9 Å². The van der Waals surface area contributed by atoms with Crippen LogP contribution in [-0.2, 0) is 11.3 Å². The molecule has 2 aliphatic heterocycles. The fraction of sp³-hybridized carbons (Fsp3) is 0.625. The smallest absolute Gasteiger partial charge is 0.0554 e. The predicted molar refractivity (Wildman–Crippen MR) is 77.1 cm³/mol. The molecule has 0 aromatic heterocycles. The molecule has 0 radical (unpaired) electrons. The van der Waals surface area contributed by atoms with Gasteiger partial charge in [-0.05, 0) is 12.0 Å². The first-order valence-electron chi connectivity index (χ1n) is 7.31. The molecule has 0 bridgehead atoms. The van der Waals surface area contributed by atoms with Crippen LogP contribution in [0.3, 0.4) is 0 Å². The summed E-state index contributed by atoms with van der Waals surface area (Å²) in [5, 5.41) is 3.72. The summed E-state index contributed by atoms with van der Waals surface area (Å²) in [5.41, 5.74) is 1.80. The van der Waals surface area contributed by atoms with Crippen molar-refractivity contribution in [3.05, 3.63) is 35.9 Å². The normalized spacial score (nSPS) is 26.3. The second-order valence-corrected chi connectivity index (χ2v) is 6.39. The average molecular weight is 260 g/mol. The van der Waals surface area contributed by atoms with E-state index in [2.05, 4.69) is 47.5 Å². The lowest BCUT2D eigenvalue weighted by Crippen LogP contribution is -2.50. The zero-order chi connectivity index (χ0) is 13.1. The van der Waals surface area contributed by atoms with Gasteiger partial charge in [0.05, 0.1) is 13.2 Å². The summed E-state index contributed by atoms with van der Waals surface area (Å²) in [6.45, 7) is 8.70. The Kier molecular flexibility index (Phi) is 3.87. The lowest BCUT2D eigenvalue weighted by atomic mass is 9.88. The standard InChI is InChI=1S/C16H24N2O/c1-16(12-19-13-16)11-17-15-7-8-18(10-15)9-14-5-3-2-4-6-14/h2-6,15,17H,7-13H2,1H3. The SMILES string of the molecule is CC1(CNC2CCN(Cc3ccccc3)C2)COC1. The second-order valence-electron chi connectivity index (χ2n) is 6.39. The van der Waals surface area contributed by atoms with E-state index in [0.717, 1.165) is 26.3 Å². The van der Waals surface area contributed by atoms with Crippen LogP contribution >= 0.6 is 0 Å². The number of benzene rings is 1. The molecule has 0 amide bonds. The molecular weight excluding hydrogens is 236 g/mol. The van der Waals surface area contributed by atoms with Gasteiger partial charge in [-0.2, -0.15) is 0 Å². The summed E-state index contributed by atoms with van der Waals surface area (Å²) in [7, 11) is 0. The lowest BCUT2D eigenvalue weighted by Gasteiger charge is -2.39. The molecular formula is C16H24N2O. The maximum atomic E-state index is 5.30. The van der Waals surface area contributed by atoms with Crippen LogP contribution in [-0.4, -0.2) is 43.8 Å². The quantitative estimate of drug-likeness (QED) is 0.875. The highest BCUT2D eigenvalue weighted by atomic mass is 16.5. The van der Waals surface area contributed by atoms with E-state index in [1.165, 1.54) is 25.1 Å². The van der Waals surface area contributed by atoms with Crippen LogP contribution in [0, 0.1) is 5.41 Å². The van der Waals surface area contributed by atoms with Crippen molar-refractivity contribution in [2.24, 2.45) is 5.41 Å². The van der Waals surface area contributed by atoms with Gasteiger partial charge in [0.2, 0.25) is 0 Å². The van der Waals surface area contributed by atoms with Crippen molar-refractivity contribution >= 4 is 0 Å². The molecule has 1 atom stereocenters. The molecule has 2 heterocycles. The summed E-state index contributed by atoms with van der Waals surface area (Å²) < 4.78 is 5.30. The van der Waals surface area contributed by atoms with Crippen LogP contribution in [0.4, 0.5) is 0 Å². The first kappa shape index (κ1) is 13.1. The molecule has 19 heavy (non-hydrogen) atoms. The molecule has 3 rings (SSSR count). The van der Waals surface area contributed by atoms with Gasteiger partial charge >= 0.3 is 0 Å². The Bertz CT molecular complexity index is 402. The summed E-state index contributed by atoms with van der Waals surface area (Å²) in [5.74, 6) is 0. The van der Waals surface area contributed by atoms with Crippen molar-refractivity contribution in [2.45, 2.75) is 25.9 Å².